The first kappa shape index (κ1) is 17.4. The molecule has 0 saturated carbocycles. The number of nitrogens with zero attached hydrogens (tertiary/aromatic N) is 3. The van der Waals surface area contributed by atoms with E-state index in [0.29, 0.717) is 24.3 Å². The van der Waals surface area contributed by atoms with Crippen molar-refractivity contribution in [3.05, 3.63) is 18.7 Å². The zero-order valence-electron chi connectivity index (χ0n) is 14.3. The van der Waals surface area contributed by atoms with Crippen molar-refractivity contribution < 1.29 is 4.79 Å². The Labute approximate surface area is 138 Å². The van der Waals surface area contributed by atoms with Crippen LogP contribution in [0.2, 0.25) is 0 Å². The van der Waals surface area contributed by atoms with Crippen LogP contribution in [0, 0.1) is 5.92 Å². The first-order chi connectivity index (χ1) is 10.4. The molecule has 0 radical (unpaired) electrons. The van der Waals surface area contributed by atoms with Gasteiger partial charge < -0.3 is 9.47 Å². The van der Waals surface area contributed by atoms with E-state index in [4.69, 9.17) is 0 Å². The molecule has 0 spiro atoms. The highest BCUT2D eigenvalue weighted by molar-refractivity contribution is 8.00. The van der Waals surface area contributed by atoms with E-state index < -0.39 is 0 Å². The van der Waals surface area contributed by atoms with E-state index in [2.05, 4.69) is 37.2 Å². The lowest BCUT2D eigenvalue weighted by Gasteiger charge is -2.37. The lowest BCUT2D eigenvalue weighted by Crippen LogP contribution is -2.43. The minimum absolute atomic E-state index is 0.288. The minimum atomic E-state index is 0.288. The van der Waals surface area contributed by atoms with Gasteiger partial charge in [-0.2, -0.15) is 11.8 Å². The van der Waals surface area contributed by atoms with Crippen LogP contribution in [0.1, 0.15) is 53.0 Å². The summed E-state index contributed by atoms with van der Waals surface area (Å²) in [4.78, 5) is 18.6. The van der Waals surface area contributed by atoms with Crippen molar-refractivity contribution in [2.45, 2.75) is 57.7 Å². The molecule has 0 aromatic carbocycles. The largest absolute Gasteiger partial charge is 0.341 e. The summed E-state index contributed by atoms with van der Waals surface area (Å²) < 4.78 is 2.44. The summed E-state index contributed by atoms with van der Waals surface area (Å²) in [5, 5.41) is 0. The topological polar surface area (TPSA) is 38.1 Å². The Morgan fingerprint density at radius 3 is 2.82 bits per heavy atom. The number of hydrogen-bond donors (Lipinski definition) is 0. The van der Waals surface area contributed by atoms with Crippen molar-refractivity contribution in [3.63, 3.8) is 0 Å². The Bertz CT molecular complexity index is 467. The fraction of sp³-hybridized carbons (Fsp3) is 0.765. The monoisotopic (exact) mass is 323 g/mol. The van der Waals surface area contributed by atoms with E-state index in [1.165, 1.54) is 0 Å². The van der Waals surface area contributed by atoms with Crippen molar-refractivity contribution in [1.82, 2.24) is 14.5 Å². The summed E-state index contributed by atoms with van der Waals surface area (Å²) in [5.41, 5.74) is 0. The normalized spacial score (nSPS) is 22.8. The number of carbonyl (C=O) groups excluding carboxylic acids is 1. The number of rotatable bonds is 5. The molecule has 1 fully saturated rings. The lowest BCUT2D eigenvalue weighted by molar-refractivity contribution is -0.133. The number of imidazole rings is 1. The number of aromatic nitrogens is 2. The van der Waals surface area contributed by atoms with Gasteiger partial charge >= 0.3 is 0 Å². The first-order valence-electron chi connectivity index (χ1n) is 8.26. The highest BCUT2D eigenvalue weighted by Gasteiger charge is 2.29. The van der Waals surface area contributed by atoms with Crippen molar-refractivity contribution in [2.24, 2.45) is 5.92 Å². The molecular weight excluding hydrogens is 294 g/mol. The second-order valence-corrected chi connectivity index (χ2v) is 9.17. The average Bonchev–Trinajstić information content (AvgIpc) is 2.97. The fourth-order valence-electron chi connectivity index (χ4n) is 2.89. The predicted molar refractivity (Wildman–Crippen MR) is 93.1 cm³/mol. The first-order valence-corrected chi connectivity index (χ1v) is 9.24. The quantitative estimate of drug-likeness (QED) is 0.777. The predicted octanol–water partition coefficient (Wildman–Crippen LogP) is 3.60. The molecule has 5 heteroatoms. The molecule has 0 unspecified atom stereocenters. The van der Waals surface area contributed by atoms with Gasteiger partial charge in [0.15, 0.2) is 0 Å². The fourth-order valence-corrected chi connectivity index (χ4v) is 3.79. The molecule has 2 atom stereocenters. The maximum Gasteiger partial charge on any atom is 0.222 e. The maximum atomic E-state index is 12.4. The number of hydrogen-bond acceptors (Lipinski definition) is 3. The van der Waals surface area contributed by atoms with Crippen LogP contribution in [0.15, 0.2) is 18.7 Å². The van der Waals surface area contributed by atoms with E-state index in [1.807, 2.05) is 35.4 Å². The van der Waals surface area contributed by atoms with E-state index in [9.17, 15) is 4.79 Å². The number of carbonyl (C=O) groups is 1. The molecule has 1 aromatic rings. The van der Waals surface area contributed by atoms with Crippen molar-refractivity contribution in [1.29, 1.82) is 0 Å². The summed E-state index contributed by atoms with van der Waals surface area (Å²) >= 11 is 1.94. The van der Waals surface area contributed by atoms with E-state index in [0.717, 1.165) is 31.7 Å². The van der Waals surface area contributed by atoms with Crippen molar-refractivity contribution in [2.75, 3.05) is 18.8 Å². The molecule has 0 N–H and O–H groups in total. The van der Waals surface area contributed by atoms with E-state index in [1.54, 1.807) is 0 Å². The molecular formula is C17H29N3OS. The molecule has 1 aliphatic rings. The molecule has 1 aromatic heterocycles. The summed E-state index contributed by atoms with van der Waals surface area (Å²) in [6.07, 6.45) is 8.42. The van der Waals surface area contributed by atoms with Crippen LogP contribution in [0.25, 0.3) is 0 Å². The third-order valence-corrected chi connectivity index (χ3v) is 5.61. The van der Waals surface area contributed by atoms with Gasteiger partial charge in [-0.3, -0.25) is 4.79 Å². The van der Waals surface area contributed by atoms with Gasteiger partial charge in [-0.1, -0.05) is 27.7 Å². The molecule has 1 amide bonds. The van der Waals surface area contributed by atoms with E-state index in [-0.39, 0.29) is 4.75 Å². The van der Waals surface area contributed by atoms with Gasteiger partial charge in [-0.25, -0.2) is 4.98 Å². The minimum Gasteiger partial charge on any atom is -0.341 e. The molecule has 1 saturated heterocycles. The van der Waals surface area contributed by atoms with Gasteiger partial charge in [0.1, 0.15) is 0 Å². The Morgan fingerprint density at radius 1 is 1.41 bits per heavy atom. The third kappa shape index (κ3) is 5.04. The van der Waals surface area contributed by atoms with Gasteiger partial charge in [0.25, 0.3) is 0 Å². The summed E-state index contributed by atoms with van der Waals surface area (Å²) in [6.45, 7) is 10.7. The number of likely N-dealkylation sites (tertiary alicyclic amines) is 1. The van der Waals surface area contributed by atoms with Crippen LogP contribution in [0.3, 0.4) is 0 Å². The van der Waals surface area contributed by atoms with Gasteiger partial charge in [0.2, 0.25) is 5.91 Å². The number of piperidine rings is 1. The van der Waals surface area contributed by atoms with Gasteiger partial charge in [0.05, 0.1) is 12.4 Å². The van der Waals surface area contributed by atoms with Gasteiger partial charge in [-0.15, -0.1) is 0 Å². The third-order valence-electron chi connectivity index (χ3n) is 4.25. The summed E-state index contributed by atoms with van der Waals surface area (Å²) in [7, 11) is 0. The highest BCUT2D eigenvalue weighted by Crippen LogP contribution is 2.28. The summed E-state index contributed by atoms with van der Waals surface area (Å²) in [6, 6.07) is 0.365. The van der Waals surface area contributed by atoms with Crippen LogP contribution in [-0.2, 0) is 4.79 Å². The standard InChI is InChI=1S/C17H29N3OS/c1-14-7-9-19(12-15(14)20-10-8-18-13-20)16(21)6-5-11-22-17(2,3)4/h8,10,13-15H,5-7,9,11-12H2,1-4H3/t14-,15-/m1/s1. The van der Waals surface area contributed by atoms with Crippen LogP contribution < -0.4 is 0 Å². The van der Waals surface area contributed by atoms with Crippen LogP contribution in [0.4, 0.5) is 0 Å². The zero-order valence-corrected chi connectivity index (χ0v) is 15.1. The van der Waals surface area contributed by atoms with Crippen LogP contribution in [0.5, 0.6) is 0 Å². The van der Waals surface area contributed by atoms with E-state index >= 15 is 0 Å². The molecule has 0 aliphatic carbocycles. The Morgan fingerprint density at radius 2 is 2.18 bits per heavy atom. The van der Waals surface area contributed by atoms with Gasteiger partial charge in [-0.05, 0) is 24.5 Å². The molecule has 4 nitrogen and oxygen atoms in total. The molecule has 2 rings (SSSR count). The molecule has 22 heavy (non-hydrogen) atoms. The Balaban J connectivity index is 1.80. The van der Waals surface area contributed by atoms with Gasteiger partial charge in [0, 0.05) is 36.7 Å². The second kappa shape index (κ2) is 7.53. The number of thioether (sulfide) groups is 1. The zero-order chi connectivity index (χ0) is 16.2. The molecule has 124 valence electrons. The second-order valence-electron chi connectivity index (χ2n) is 7.25. The Kier molecular flexibility index (Phi) is 5.95. The Hall–Kier alpha value is -0.970. The SMILES string of the molecule is C[C@@H]1CCN(C(=O)CCCSC(C)(C)C)C[C@H]1n1ccnc1. The number of amides is 1. The van der Waals surface area contributed by atoms with Crippen molar-refractivity contribution in [3.8, 4) is 0 Å². The highest BCUT2D eigenvalue weighted by atomic mass is 32.2. The smallest absolute Gasteiger partial charge is 0.222 e. The lowest BCUT2D eigenvalue weighted by atomic mass is 9.93. The molecule has 2 heterocycles. The van der Waals surface area contributed by atoms with Crippen LogP contribution >= 0.6 is 11.8 Å². The maximum absolute atomic E-state index is 12.4. The molecule has 0 bridgehead atoms. The summed E-state index contributed by atoms with van der Waals surface area (Å²) in [5.74, 6) is 1.96. The van der Waals surface area contributed by atoms with Crippen molar-refractivity contribution >= 4 is 17.7 Å². The molecule has 1 aliphatic heterocycles. The average molecular weight is 324 g/mol. The van der Waals surface area contributed by atoms with Crippen LogP contribution in [-0.4, -0.2) is 43.9 Å².